The van der Waals surface area contributed by atoms with Gasteiger partial charge in [0.25, 0.3) is 0 Å². The Hall–Kier alpha value is -0.610. The quantitative estimate of drug-likeness (QED) is 0.810. The highest BCUT2D eigenvalue weighted by Gasteiger charge is 2.42. The summed E-state index contributed by atoms with van der Waals surface area (Å²) in [7, 11) is 0. The summed E-state index contributed by atoms with van der Waals surface area (Å²) in [6.45, 7) is 6.66. The largest absolute Gasteiger partial charge is 0.341 e. The number of amides is 1. The topological polar surface area (TPSA) is 72.4 Å². The maximum absolute atomic E-state index is 12.3. The van der Waals surface area contributed by atoms with Gasteiger partial charge in [0, 0.05) is 13.1 Å². The molecule has 1 atom stereocenters. The molecule has 2 rings (SSSR count). The van der Waals surface area contributed by atoms with Crippen LogP contribution < -0.4 is 11.5 Å². The minimum Gasteiger partial charge on any atom is -0.341 e. The molecule has 4 N–H and O–H groups in total. The van der Waals surface area contributed by atoms with Crippen LogP contribution in [-0.4, -0.2) is 36.5 Å². The summed E-state index contributed by atoms with van der Waals surface area (Å²) in [6.07, 6.45) is 6.08. The number of hydrogen-bond acceptors (Lipinski definition) is 3. The van der Waals surface area contributed by atoms with E-state index in [9.17, 15) is 4.79 Å². The van der Waals surface area contributed by atoms with E-state index in [2.05, 4.69) is 0 Å². The second-order valence-electron chi connectivity index (χ2n) is 6.96. The van der Waals surface area contributed by atoms with Gasteiger partial charge in [-0.3, -0.25) is 4.79 Å². The standard InChI is InChI=1S/C15H29N3O/c1-11(2)13(17)14(19)18-8-7-15(10-18)5-3-12(9-16)4-6-15/h11-13H,3-10,16-17H2,1-2H3/t12?,13-,15?/m1/s1. The molecule has 1 aliphatic heterocycles. The van der Waals surface area contributed by atoms with Crippen molar-refractivity contribution >= 4 is 5.91 Å². The van der Waals surface area contributed by atoms with Crippen LogP contribution in [0.25, 0.3) is 0 Å². The number of carbonyl (C=O) groups is 1. The Labute approximate surface area is 116 Å². The first-order valence-electron chi connectivity index (χ1n) is 7.72. The van der Waals surface area contributed by atoms with Crippen LogP contribution in [0.2, 0.25) is 0 Å². The van der Waals surface area contributed by atoms with Crippen molar-refractivity contribution < 1.29 is 4.79 Å². The van der Waals surface area contributed by atoms with Crippen molar-refractivity contribution in [3.63, 3.8) is 0 Å². The molecule has 0 aromatic rings. The molecule has 1 heterocycles. The average molecular weight is 267 g/mol. The fourth-order valence-electron chi connectivity index (χ4n) is 3.55. The number of likely N-dealkylation sites (tertiary alicyclic amines) is 1. The molecule has 2 fully saturated rings. The molecule has 1 saturated carbocycles. The van der Waals surface area contributed by atoms with Gasteiger partial charge < -0.3 is 16.4 Å². The van der Waals surface area contributed by atoms with Gasteiger partial charge in [-0.15, -0.1) is 0 Å². The number of nitrogens with two attached hydrogens (primary N) is 2. The number of carbonyl (C=O) groups excluding carboxylic acids is 1. The Morgan fingerprint density at radius 3 is 2.47 bits per heavy atom. The zero-order valence-electron chi connectivity index (χ0n) is 12.4. The van der Waals surface area contributed by atoms with Crippen molar-refractivity contribution in [3.8, 4) is 0 Å². The van der Waals surface area contributed by atoms with Gasteiger partial charge in [-0.2, -0.15) is 0 Å². The molecule has 2 aliphatic rings. The van der Waals surface area contributed by atoms with Crippen molar-refractivity contribution in [2.45, 2.75) is 52.0 Å². The smallest absolute Gasteiger partial charge is 0.239 e. The van der Waals surface area contributed by atoms with E-state index in [1.54, 1.807) is 0 Å². The number of rotatable bonds is 3. The van der Waals surface area contributed by atoms with Crippen molar-refractivity contribution in [2.75, 3.05) is 19.6 Å². The summed E-state index contributed by atoms with van der Waals surface area (Å²) < 4.78 is 0. The molecule has 1 saturated heterocycles. The highest BCUT2D eigenvalue weighted by atomic mass is 16.2. The van der Waals surface area contributed by atoms with Crippen LogP contribution >= 0.6 is 0 Å². The zero-order valence-corrected chi connectivity index (χ0v) is 12.4. The summed E-state index contributed by atoms with van der Waals surface area (Å²) in [6, 6.07) is -0.337. The molecule has 19 heavy (non-hydrogen) atoms. The van der Waals surface area contributed by atoms with Gasteiger partial charge in [0.15, 0.2) is 0 Å². The van der Waals surface area contributed by atoms with E-state index in [4.69, 9.17) is 11.5 Å². The molecule has 4 heteroatoms. The van der Waals surface area contributed by atoms with E-state index in [1.165, 1.54) is 25.7 Å². The van der Waals surface area contributed by atoms with Crippen molar-refractivity contribution in [2.24, 2.45) is 28.7 Å². The second-order valence-corrected chi connectivity index (χ2v) is 6.96. The van der Waals surface area contributed by atoms with Crippen LogP contribution in [0.4, 0.5) is 0 Å². The predicted octanol–water partition coefficient (Wildman–Crippen LogP) is 1.34. The Balaban J connectivity index is 1.91. The first-order chi connectivity index (χ1) is 8.97. The van der Waals surface area contributed by atoms with Gasteiger partial charge in [0.1, 0.15) is 0 Å². The third-order valence-corrected chi connectivity index (χ3v) is 5.25. The van der Waals surface area contributed by atoms with Crippen LogP contribution in [0.1, 0.15) is 46.0 Å². The van der Waals surface area contributed by atoms with Gasteiger partial charge in [-0.25, -0.2) is 0 Å². The third kappa shape index (κ3) is 3.11. The summed E-state index contributed by atoms with van der Waals surface area (Å²) in [5.74, 6) is 1.07. The Kier molecular flexibility index (Phi) is 4.51. The molecule has 0 unspecified atom stereocenters. The highest BCUT2D eigenvalue weighted by Crippen LogP contribution is 2.45. The summed E-state index contributed by atoms with van der Waals surface area (Å²) >= 11 is 0. The molecule has 1 aliphatic carbocycles. The maximum atomic E-state index is 12.3. The first-order valence-corrected chi connectivity index (χ1v) is 7.72. The van der Waals surface area contributed by atoms with Crippen LogP contribution in [0.5, 0.6) is 0 Å². The van der Waals surface area contributed by atoms with E-state index in [0.29, 0.717) is 11.3 Å². The van der Waals surface area contributed by atoms with E-state index in [1.807, 2.05) is 18.7 Å². The minimum atomic E-state index is -0.337. The second kappa shape index (κ2) is 5.80. The third-order valence-electron chi connectivity index (χ3n) is 5.25. The van der Waals surface area contributed by atoms with Gasteiger partial charge in [-0.1, -0.05) is 13.8 Å². The van der Waals surface area contributed by atoms with Crippen LogP contribution in [-0.2, 0) is 4.79 Å². The number of nitrogens with zero attached hydrogens (tertiary/aromatic N) is 1. The summed E-state index contributed by atoms with van der Waals surface area (Å²) in [5.41, 5.74) is 12.1. The maximum Gasteiger partial charge on any atom is 0.239 e. The first kappa shape index (κ1) is 14.8. The lowest BCUT2D eigenvalue weighted by atomic mass is 9.70. The molecular weight excluding hydrogens is 238 g/mol. The lowest BCUT2D eigenvalue weighted by Gasteiger charge is -2.37. The monoisotopic (exact) mass is 267 g/mol. The SMILES string of the molecule is CC(C)[C@@H](N)C(=O)N1CCC2(CCC(CN)CC2)C1. The van der Waals surface area contributed by atoms with Crippen molar-refractivity contribution in [1.82, 2.24) is 4.90 Å². The predicted molar refractivity (Wildman–Crippen MR) is 77.5 cm³/mol. The molecule has 0 aromatic carbocycles. The lowest BCUT2D eigenvalue weighted by Crippen LogP contribution is -2.46. The van der Waals surface area contributed by atoms with Crippen molar-refractivity contribution in [3.05, 3.63) is 0 Å². The Bertz CT molecular complexity index is 321. The van der Waals surface area contributed by atoms with Gasteiger partial charge >= 0.3 is 0 Å². The lowest BCUT2D eigenvalue weighted by molar-refractivity contribution is -0.133. The van der Waals surface area contributed by atoms with Crippen LogP contribution in [0.15, 0.2) is 0 Å². The van der Waals surface area contributed by atoms with Gasteiger partial charge in [0.2, 0.25) is 5.91 Å². The fourth-order valence-corrected chi connectivity index (χ4v) is 3.55. The molecule has 4 nitrogen and oxygen atoms in total. The van der Waals surface area contributed by atoms with E-state index in [-0.39, 0.29) is 17.9 Å². The zero-order chi connectivity index (χ0) is 14.0. The average Bonchev–Trinajstić information content (AvgIpc) is 2.82. The Morgan fingerprint density at radius 2 is 1.95 bits per heavy atom. The van der Waals surface area contributed by atoms with Crippen LogP contribution in [0, 0.1) is 17.3 Å². The minimum absolute atomic E-state index is 0.146. The molecule has 110 valence electrons. The normalized spacial score (nSPS) is 33.1. The highest BCUT2D eigenvalue weighted by molar-refractivity contribution is 5.82. The molecule has 0 radical (unpaired) electrons. The molecule has 0 bridgehead atoms. The van der Waals surface area contributed by atoms with E-state index in [0.717, 1.165) is 26.1 Å². The van der Waals surface area contributed by atoms with Crippen LogP contribution in [0.3, 0.4) is 0 Å². The molecule has 0 aromatic heterocycles. The Morgan fingerprint density at radius 1 is 1.32 bits per heavy atom. The molecule has 1 amide bonds. The number of hydrogen-bond donors (Lipinski definition) is 2. The van der Waals surface area contributed by atoms with E-state index >= 15 is 0 Å². The fraction of sp³-hybridized carbons (Fsp3) is 0.933. The van der Waals surface area contributed by atoms with Gasteiger partial charge in [-0.05, 0) is 55.9 Å². The summed E-state index contributed by atoms with van der Waals surface area (Å²) in [5, 5.41) is 0. The van der Waals surface area contributed by atoms with E-state index < -0.39 is 0 Å². The molecule has 1 spiro atoms. The molecular formula is C15H29N3O. The van der Waals surface area contributed by atoms with Crippen molar-refractivity contribution in [1.29, 1.82) is 0 Å². The van der Waals surface area contributed by atoms with Gasteiger partial charge in [0.05, 0.1) is 6.04 Å². The summed E-state index contributed by atoms with van der Waals surface area (Å²) in [4.78, 5) is 14.3.